The summed E-state index contributed by atoms with van der Waals surface area (Å²) in [5, 5.41) is 3.09. The molecule has 2 fully saturated rings. The molecule has 164 valence electrons. The summed E-state index contributed by atoms with van der Waals surface area (Å²) in [5.41, 5.74) is 6.62. The zero-order valence-electron chi connectivity index (χ0n) is 15.7. The molecule has 0 radical (unpaired) electrons. The van der Waals surface area contributed by atoms with Gasteiger partial charge in [0.05, 0.1) is 18.7 Å². The van der Waals surface area contributed by atoms with Crippen molar-refractivity contribution < 1.29 is 31.1 Å². The highest BCUT2D eigenvalue weighted by Gasteiger charge is 2.49. The van der Waals surface area contributed by atoms with Gasteiger partial charge in [-0.1, -0.05) is 0 Å². The van der Waals surface area contributed by atoms with E-state index in [9.17, 15) is 26.3 Å². The van der Waals surface area contributed by atoms with E-state index in [-0.39, 0.29) is 18.6 Å². The number of nitrogens with zero attached hydrogens (tertiary/aromatic N) is 2. The number of alkyl halides is 3. The Balaban J connectivity index is 1.59. The van der Waals surface area contributed by atoms with Crippen LogP contribution in [0.1, 0.15) is 24.5 Å². The summed E-state index contributed by atoms with van der Waals surface area (Å²) in [6, 6.07) is -1.17. The van der Waals surface area contributed by atoms with Crippen molar-refractivity contribution in [1.82, 2.24) is 10.2 Å². The van der Waals surface area contributed by atoms with Crippen LogP contribution in [0.5, 0.6) is 0 Å². The van der Waals surface area contributed by atoms with Gasteiger partial charge in [0.2, 0.25) is 5.84 Å². The van der Waals surface area contributed by atoms with Gasteiger partial charge in [0.25, 0.3) is 0 Å². The Morgan fingerprint density at radius 1 is 1.13 bits per heavy atom. The topological polar surface area (TPSA) is 62.9 Å². The Morgan fingerprint density at radius 3 is 2.57 bits per heavy atom. The lowest BCUT2D eigenvalue weighted by Gasteiger charge is -2.48. The van der Waals surface area contributed by atoms with Gasteiger partial charge in [-0.2, -0.15) is 13.2 Å². The Kier molecular flexibility index (Phi) is 5.54. The first-order chi connectivity index (χ1) is 14.2. The number of halogens is 6. The summed E-state index contributed by atoms with van der Waals surface area (Å²) < 4.78 is 87.5. The highest BCUT2D eigenvalue weighted by Crippen LogP contribution is 2.37. The summed E-state index contributed by atoms with van der Waals surface area (Å²) >= 11 is 0. The lowest BCUT2D eigenvalue weighted by molar-refractivity contribution is -0.0859. The molecule has 1 unspecified atom stereocenters. The zero-order valence-corrected chi connectivity index (χ0v) is 15.7. The van der Waals surface area contributed by atoms with Crippen LogP contribution in [0, 0.1) is 17.5 Å². The molecule has 3 aliphatic rings. The number of rotatable bonds is 2. The fourth-order valence-electron chi connectivity index (χ4n) is 4.32. The molecule has 0 saturated carbocycles. The number of hydrogen-bond donors (Lipinski definition) is 2. The zero-order chi connectivity index (χ0) is 21.6. The average Bonchev–Trinajstić information content (AvgIpc) is 2.69. The normalized spacial score (nSPS) is 29.9. The van der Waals surface area contributed by atoms with Gasteiger partial charge in [-0.3, -0.25) is 0 Å². The number of amidine groups is 1. The average molecular weight is 434 g/mol. The maximum Gasteiger partial charge on any atom is 0.449 e. The number of nitrogens with one attached hydrogen (secondary N) is 1. The van der Waals surface area contributed by atoms with E-state index < -0.39 is 53.7 Å². The third kappa shape index (κ3) is 3.81. The Morgan fingerprint density at radius 2 is 1.87 bits per heavy atom. The first-order valence-corrected chi connectivity index (χ1v) is 9.51. The molecule has 30 heavy (non-hydrogen) atoms. The number of fused-ring (bicyclic) bond motifs is 1. The minimum absolute atomic E-state index is 0.0297. The Hall–Kier alpha value is -2.11. The molecule has 3 aliphatic heterocycles. The van der Waals surface area contributed by atoms with Crippen molar-refractivity contribution in [1.29, 1.82) is 0 Å². The summed E-state index contributed by atoms with van der Waals surface area (Å²) in [5.74, 6) is -4.65. The van der Waals surface area contributed by atoms with E-state index in [4.69, 9.17) is 10.5 Å². The van der Waals surface area contributed by atoms with Gasteiger partial charge in [-0.05, 0) is 31.0 Å². The fraction of sp³-hybridized carbons (Fsp3) is 0.526. The lowest BCUT2D eigenvalue weighted by atomic mass is 9.90. The molecule has 2 saturated heterocycles. The molecular weight excluding hydrogens is 414 g/mol. The van der Waals surface area contributed by atoms with E-state index in [1.165, 1.54) is 11.1 Å². The number of benzene rings is 1. The lowest BCUT2D eigenvalue weighted by Crippen LogP contribution is -2.62. The molecule has 0 bridgehead atoms. The van der Waals surface area contributed by atoms with Gasteiger partial charge in [-0.25, -0.2) is 18.2 Å². The number of hydrogen-bond acceptors (Lipinski definition) is 5. The fourth-order valence-corrected chi connectivity index (χ4v) is 4.32. The predicted octanol–water partition coefficient (Wildman–Crippen LogP) is 2.78. The van der Waals surface area contributed by atoms with E-state index in [1.54, 1.807) is 0 Å². The van der Waals surface area contributed by atoms with E-state index >= 15 is 0 Å². The first-order valence-electron chi connectivity index (χ1n) is 9.51. The SMILES string of the molecule is N[C@H]1C[C@@H](N2C(C(F)(F)F)=NC=C3CCNCC32)CO[C@@H]1c1cc(F)c(F)cc1F. The van der Waals surface area contributed by atoms with E-state index in [0.29, 0.717) is 31.6 Å². The monoisotopic (exact) mass is 434 g/mol. The minimum atomic E-state index is -4.67. The van der Waals surface area contributed by atoms with E-state index in [1.807, 2.05) is 0 Å². The second kappa shape index (κ2) is 7.86. The molecule has 0 amide bonds. The molecule has 3 N–H and O–H groups in total. The van der Waals surface area contributed by atoms with Crippen LogP contribution in [0.25, 0.3) is 0 Å². The van der Waals surface area contributed by atoms with Crippen LogP contribution in [-0.2, 0) is 4.74 Å². The smallest absolute Gasteiger partial charge is 0.370 e. The van der Waals surface area contributed by atoms with Gasteiger partial charge < -0.3 is 20.7 Å². The third-order valence-electron chi connectivity index (χ3n) is 5.68. The van der Waals surface area contributed by atoms with Gasteiger partial charge in [0.15, 0.2) is 11.6 Å². The molecule has 1 aromatic carbocycles. The molecule has 5 nitrogen and oxygen atoms in total. The van der Waals surface area contributed by atoms with Crippen LogP contribution < -0.4 is 11.1 Å². The van der Waals surface area contributed by atoms with Gasteiger partial charge in [0.1, 0.15) is 11.9 Å². The largest absolute Gasteiger partial charge is 0.449 e. The molecule has 1 aromatic rings. The molecule has 11 heteroatoms. The van der Waals surface area contributed by atoms with Gasteiger partial charge in [-0.15, -0.1) is 0 Å². The maximum absolute atomic E-state index is 14.1. The molecule has 4 atom stereocenters. The van der Waals surface area contributed by atoms with Crippen LogP contribution in [-0.4, -0.2) is 54.7 Å². The standard InChI is InChI=1S/C19H20F6N4O/c20-12-5-14(22)13(21)4-11(12)17-15(26)3-10(8-30-17)29-16-7-27-2-1-9(16)6-28-18(29)19(23,24)25/h4-6,10,15-17,27H,1-3,7-8,26H2/t10-,15+,16?,17-/m1/s1. The maximum atomic E-state index is 14.1. The van der Waals surface area contributed by atoms with Crippen LogP contribution in [0.4, 0.5) is 26.3 Å². The molecular formula is C19H20F6N4O. The van der Waals surface area contributed by atoms with E-state index in [0.717, 1.165) is 5.57 Å². The summed E-state index contributed by atoms with van der Waals surface area (Å²) in [6.45, 7) is 0.759. The third-order valence-corrected chi connectivity index (χ3v) is 5.68. The van der Waals surface area contributed by atoms with Crippen molar-refractivity contribution in [2.24, 2.45) is 10.7 Å². The highest BCUT2D eigenvalue weighted by atomic mass is 19.4. The number of ether oxygens (including phenoxy) is 1. The Bertz CT molecular complexity index is 887. The van der Waals surface area contributed by atoms with Crippen molar-refractivity contribution >= 4 is 5.84 Å². The molecule has 0 spiro atoms. The minimum Gasteiger partial charge on any atom is -0.370 e. The number of piperidine rings is 1. The summed E-state index contributed by atoms with van der Waals surface area (Å²) in [4.78, 5) is 4.84. The van der Waals surface area contributed by atoms with Crippen LogP contribution in [0.15, 0.2) is 28.9 Å². The molecule has 0 aliphatic carbocycles. The van der Waals surface area contributed by atoms with Crippen molar-refractivity contribution in [3.63, 3.8) is 0 Å². The van der Waals surface area contributed by atoms with Crippen molar-refractivity contribution in [3.8, 4) is 0 Å². The van der Waals surface area contributed by atoms with Gasteiger partial charge in [0, 0.05) is 30.4 Å². The van der Waals surface area contributed by atoms with Crippen LogP contribution in [0.3, 0.4) is 0 Å². The van der Waals surface area contributed by atoms with Crippen molar-refractivity contribution in [3.05, 3.63) is 46.9 Å². The van der Waals surface area contributed by atoms with Gasteiger partial charge >= 0.3 is 6.18 Å². The first kappa shape index (κ1) is 21.1. The quantitative estimate of drug-likeness (QED) is 0.555. The number of aliphatic imine (C=N–C) groups is 1. The summed E-state index contributed by atoms with van der Waals surface area (Å²) in [7, 11) is 0. The summed E-state index contributed by atoms with van der Waals surface area (Å²) in [6.07, 6.45) is -3.91. The van der Waals surface area contributed by atoms with E-state index in [2.05, 4.69) is 10.3 Å². The molecule has 3 heterocycles. The molecule has 0 aromatic heterocycles. The molecule has 4 rings (SSSR count). The van der Waals surface area contributed by atoms with Crippen molar-refractivity contribution in [2.45, 2.75) is 43.2 Å². The predicted molar refractivity (Wildman–Crippen MR) is 96.1 cm³/mol. The van der Waals surface area contributed by atoms with Crippen molar-refractivity contribution in [2.75, 3.05) is 19.7 Å². The highest BCUT2D eigenvalue weighted by molar-refractivity contribution is 5.90. The van der Waals surface area contributed by atoms with Crippen LogP contribution >= 0.6 is 0 Å². The van der Waals surface area contributed by atoms with Crippen LogP contribution in [0.2, 0.25) is 0 Å². The Labute approximate surface area is 168 Å². The second-order valence-electron chi connectivity index (χ2n) is 7.63. The second-order valence-corrected chi connectivity index (χ2v) is 7.63. The number of nitrogens with two attached hydrogens (primary N) is 1.